The summed E-state index contributed by atoms with van der Waals surface area (Å²) in [6.07, 6.45) is 3.15. The molecule has 2 aromatic heterocycles. The Morgan fingerprint density at radius 2 is 1.82 bits per heavy atom. The fourth-order valence-electron chi connectivity index (χ4n) is 3.49. The molecule has 0 aliphatic heterocycles. The Hall–Kier alpha value is -3.74. The van der Waals surface area contributed by atoms with E-state index in [-0.39, 0.29) is 11.5 Å². The van der Waals surface area contributed by atoms with Crippen LogP contribution < -0.4 is 0 Å². The minimum Gasteiger partial charge on any atom is -0.324 e. The van der Waals surface area contributed by atoms with Gasteiger partial charge in [-0.15, -0.1) is 0 Å². The first kappa shape index (κ1) is 17.7. The molecule has 0 bridgehead atoms. The zero-order chi connectivity index (χ0) is 19.8. The number of fused-ring (bicyclic) bond motifs is 3. The van der Waals surface area contributed by atoms with Crippen LogP contribution in [0.15, 0.2) is 54.6 Å². The van der Waals surface area contributed by atoms with Gasteiger partial charge in [-0.3, -0.25) is 14.9 Å². The Morgan fingerprint density at radius 1 is 1.14 bits per heavy atom. The van der Waals surface area contributed by atoms with E-state index in [4.69, 9.17) is 0 Å². The molecule has 28 heavy (non-hydrogen) atoms. The van der Waals surface area contributed by atoms with Gasteiger partial charge in [0.05, 0.1) is 27.2 Å². The van der Waals surface area contributed by atoms with E-state index in [1.807, 2.05) is 42.6 Å². The smallest absolute Gasteiger partial charge is 0.269 e. The lowest BCUT2D eigenvalue weighted by molar-refractivity contribution is -0.384. The third kappa shape index (κ3) is 2.77. The normalized spacial score (nSPS) is 11.6. The maximum Gasteiger partial charge on any atom is 0.269 e. The molecule has 2 heterocycles. The summed E-state index contributed by atoms with van der Waals surface area (Å²) >= 11 is 0. The van der Waals surface area contributed by atoms with Crippen molar-refractivity contribution < 1.29 is 9.72 Å². The van der Waals surface area contributed by atoms with E-state index in [0.717, 1.165) is 22.2 Å². The van der Waals surface area contributed by atoms with Gasteiger partial charge >= 0.3 is 0 Å². The summed E-state index contributed by atoms with van der Waals surface area (Å²) in [5.41, 5.74) is 4.74. The Balaban J connectivity index is 1.77. The molecular weight excluding hydrogens is 356 g/mol. The van der Waals surface area contributed by atoms with Crippen molar-refractivity contribution in [3.63, 3.8) is 0 Å². The fraction of sp³-hybridized carbons (Fsp3) is 0.143. The highest BCUT2D eigenvalue weighted by Crippen LogP contribution is 2.26. The van der Waals surface area contributed by atoms with Crippen molar-refractivity contribution in [1.82, 2.24) is 14.2 Å². The van der Waals surface area contributed by atoms with Crippen molar-refractivity contribution in [2.45, 2.75) is 20.4 Å². The lowest BCUT2D eigenvalue weighted by atomic mass is 10.1. The molecule has 4 aromatic rings. The van der Waals surface area contributed by atoms with Crippen molar-refractivity contribution in [2.24, 2.45) is 0 Å². The van der Waals surface area contributed by atoms with Crippen LogP contribution in [0.25, 0.3) is 22.8 Å². The van der Waals surface area contributed by atoms with E-state index in [2.05, 4.69) is 9.67 Å². The number of benzene rings is 2. The minimum absolute atomic E-state index is 0.0186. The number of hydrogen-bond acceptors (Lipinski definition) is 4. The zero-order valence-corrected chi connectivity index (χ0v) is 15.5. The highest BCUT2D eigenvalue weighted by atomic mass is 16.6. The second-order valence-corrected chi connectivity index (χ2v) is 6.48. The maximum absolute atomic E-state index is 13.0. The van der Waals surface area contributed by atoms with Crippen LogP contribution >= 0.6 is 0 Å². The van der Waals surface area contributed by atoms with E-state index in [1.165, 1.54) is 18.2 Å². The van der Waals surface area contributed by atoms with Crippen molar-refractivity contribution >= 4 is 34.2 Å². The predicted molar refractivity (Wildman–Crippen MR) is 108 cm³/mol. The number of aryl methyl sites for hydroxylation is 2. The molecule has 7 nitrogen and oxygen atoms in total. The number of allylic oxidation sites excluding steroid dienone is 1. The van der Waals surface area contributed by atoms with Gasteiger partial charge < -0.3 is 4.57 Å². The summed E-state index contributed by atoms with van der Waals surface area (Å²) in [5, 5.41) is 15.3. The Labute approximate surface area is 160 Å². The SMILES string of the molecule is CCn1c2ccccc2n2nc(C)c(C(=O)/C=C/c3ccc([N+](=O)[O-])cc3)c12. The molecule has 0 spiro atoms. The quantitative estimate of drug-likeness (QED) is 0.224. The molecule has 7 heteroatoms. The Morgan fingerprint density at radius 3 is 2.46 bits per heavy atom. The number of aromatic nitrogens is 3. The van der Waals surface area contributed by atoms with Crippen LogP contribution in [0.3, 0.4) is 0 Å². The molecule has 0 fully saturated rings. The third-order valence-corrected chi connectivity index (χ3v) is 4.79. The summed E-state index contributed by atoms with van der Waals surface area (Å²) in [6, 6.07) is 14.0. The number of rotatable bonds is 5. The second-order valence-electron chi connectivity index (χ2n) is 6.48. The van der Waals surface area contributed by atoms with Gasteiger partial charge in [0, 0.05) is 18.7 Å². The highest BCUT2D eigenvalue weighted by molar-refractivity contribution is 6.12. The third-order valence-electron chi connectivity index (χ3n) is 4.79. The van der Waals surface area contributed by atoms with Gasteiger partial charge in [0.25, 0.3) is 5.69 Å². The van der Waals surface area contributed by atoms with E-state index in [0.29, 0.717) is 17.8 Å². The van der Waals surface area contributed by atoms with E-state index in [1.54, 1.807) is 18.2 Å². The Kier molecular flexibility index (Phi) is 4.27. The van der Waals surface area contributed by atoms with Crippen LogP contribution in [-0.2, 0) is 6.54 Å². The number of para-hydroxylation sites is 2. The van der Waals surface area contributed by atoms with Gasteiger partial charge in [0.2, 0.25) is 0 Å². The number of hydrogen-bond donors (Lipinski definition) is 0. The van der Waals surface area contributed by atoms with Gasteiger partial charge in [-0.05, 0) is 49.8 Å². The van der Waals surface area contributed by atoms with E-state index < -0.39 is 4.92 Å². The van der Waals surface area contributed by atoms with Gasteiger partial charge in [-0.1, -0.05) is 18.2 Å². The van der Waals surface area contributed by atoms with Gasteiger partial charge in [-0.25, -0.2) is 4.52 Å². The van der Waals surface area contributed by atoms with Crippen LogP contribution in [-0.4, -0.2) is 24.9 Å². The molecule has 0 aliphatic carbocycles. The molecule has 0 N–H and O–H groups in total. The average molecular weight is 374 g/mol. The monoisotopic (exact) mass is 374 g/mol. The summed E-state index contributed by atoms with van der Waals surface area (Å²) in [5.74, 6) is -0.150. The van der Waals surface area contributed by atoms with E-state index in [9.17, 15) is 14.9 Å². The lowest BCUT2D eigenvalue weighted by Gasteiger charge is -2.03. The second kappa shape index (κ2) is 6.77. The first-order chi connectivity index (χ1) is 13.5. The van der Waals surface area contributed by atoms with Gasteiger partial charge in [0.15, 0.2) is 5.78 Å². The number of non-ortho nitro benzene ring substituents is 1. The first-order valence-electron chi connectivity index (χ1n) is 8.94. The lowest BCUT2D eigenvalue weighted by Crippen LogP contribution is -2.02. The van der Waals surface area contributed by atoms with Crippen molar-refractivity contribution in [3.8, 4) is 0 Å². The zero-order valence-electron chi connectivity index (χ0n) is 15.5. The van der Waals surface area contributed by atoms with Crippen molar-refractivity contribution in [2.75, 3.05) is 0 Å². The summed E-state index contributed by atoms with van der Waals surface area (Å²) in [7, 11) is 0. The molecule has 0 saturated carbocycles. The Bertz CT molecular complexity index is 1250. The standard InChI is InChI=1S/C21H18N4O3/c1-3-23-17-6-4-5-7-18(17)24-21(23)20(14(2)22-24)19(26)13-10-15-8-11-16(12-9-15)25(27)28/h4-13H,3H2,1-2H3/b13-10+. The number of nitrogens with zero attached hydrogens (tertiary/aromatic N) is 4. The number of imidazole rings is 1. The van der Waals surface area contributed by atoms with Crippen molar-refractivity contribution in [1.29, 1.82) is 0 Å². The van der Waals surface area contributed by atoms with Crippen LogP contribution in [0.4, 0.5) is 5.69 Å². The summed E-state index contributed by atoms with van der Waals surface area (Å²) in [4.78, 5) is 23.3. The largest absolute Gasteiger partial charge is 0.324 e. The highest BCUT2D eigenvalue weighted by Gasteiger charge is 2.21. The number of ketones is 1. The van der Waals surface area contributed by atoms with Gasteiger partial charge in [0.1, 0.15) is 5.65 Å². The topological polar surface area (TPSA) is 82.4 Å². The number of nitro benzene ring substituents is 1. The molecule has 0 atom stereocenters. The molecule has 4 rings (SSSR count). The maximum atomic E-state index is 13.0. The summed E-state index contributed by atoms with van der Waals surface area (Å²) < 4.78 is 3.91. The molecule has 2 aromatic carbocycles. The molecule has 0 radical (unpaired) electrons. The van der Waals surface area contributed by atoms with Crippen molar-refractivity contribution in [3.05, 3.63) is 81.5 Å². The van der Waals surface area contributed by atoms with Crippen LogP contribution in [0, 0.1) is 17.0 Å². The first-order valence-corrected chi connectivity index (χ1v) is 8.94. The number of carbonyl (C=O) groups is 1. The van der Waals surface area contributed by atoms with Gasteiger partial charge in [-0.2, -0.15) is 5.10 Å². The van der Waals surface area contributed by atoms with E-state index >= 15 is 0 Å². The van der Waals surface area contributed by atoms with Crippen LogP contribution in [0.2, 0.25) is 0 Å². The summed E-state index contributed by atoms with van der Waals surface area (Å²) in [6.45, 7) is 4.58. The molecule has 0 aliphatic rings. The van der Waals surface area contributed by atoms with Crippen LogP contribution in [0.5, 0.6) is 0 Å². The predicted octanol–water partition coefficient (Wildman–Crippen LogP) is 4.42. The number of carbonyl (C=O) groups excluding carboxylic acids is 1. The molecule has 0 saturated heterocycles. The average Bonchev–Trinajstić information content (AvgIpc) is 3.19. The molecule has 140 valence electrons. The number of nitro groups is 1. The molecular formula is C21H18N4O3. The molecule has 0 amide bonds. The fourth-order valence-corrected chi connectivity index (χ4v) is 3.49. The molecule has 0 unspecified atom stereocenters. The van der Waals surface area contributed by atoms with Crippen LogP contribution in [0.1, 0.15) is 28.5 Å². The minimum atomic E-state index is -0.449.